The molecule has 154 valence electrons. The van der Waals surface area contributed by atoms with Crippen LogP contribution < -0.4 is 10.5 Å². The van der Waals surface area contributed by atoms with Crippen LogP contribution in [0.1, 0.15) is 13.8 Å². The maximum atomic E-state index is 11.4. The Bertz CT molecular complexity index is 731. The molecular weight excluding hydrogens is 417 g/mol. The predicted octanol–water partition coefficient (Wildman–Crippen LogP) is 1.46. The number of esters is 2. The summed E-state index contributed by atoms with van der Waals surface area (Å²) in [6.45, 7) is 2.32. The van der Waals surface area contributed by atoms with E-state index in [1.54, 1.807) is 0 Å². The predicted molar refractivity (Wildman–Crippen MR) is 96.9 cm³/mol. The number of nitrogens with two attached hydrogens (primary N) is 1. The van der Waals surface area contributed by atoms with Gasteiger partial charge in [-0.3, -0.25) is 14.4 Å². The van der Waals surface area contributed by atoms with E-state index in [4.69, 9.17) is 52.6 Å². The molecule has 0 aliphatic carbocycles. The summed E-state index contributed by atoms with van der Waals surface area (Å²) < 4.78 is 26.6. The molecule has 1 saturated heterocycles. The highest BCUT2D eigenvalue weighted by atomic mass is 35.5. The van der Waals surface area contributed by atoms with Crippen molar-refractivity contribution in [3.63, 3.8) is 0 Å². The topological polar surface area (TPSA) is 123 Å². The Morgan fingerprint density at radius 2 is 1.89 bits per heavy atom. The van der Waals surface area contributed by atoms with Crippen LogP contribution in [-0.4, -0.2) is 55.7 Å². The maximum absolute atomic E-state index is 11.4. The van der Waals surface area contributed by atoms with Gasteiger partial charge in [-0.05, 0) is 12.1 Å². The molecule has 5 unspecified atom stereocenters. The lowest BCUT2D eigenvalue weighted by Crippen LogP contribution is -2.65. The van der Waals surface area contributed by atoms with Crippen LogP contribution in [0.15, 0.2) is 18.2 Å². The van der Waals surface area contributed by atoms with Crippen molar-refractivity contribution in [2.45, 2.75) is 44.5 Å². The highest BCUT2D eigenvalue weighted by molar-refractivity contribution is 6.42. The zero-order chi connectivity index (χ0) is 20.8. The molecule has 0 saturated carbocycles. The Morgan fingerprint density at radius 1 is 1.18 bits per heavy atom. The molecule has 2 rings (SSSR count). The minimum atomic E-state index is -1.19. The first-order valence-corrected chi connectivity index (χ1v) is 8.91. The van der Waals surface area contributed by atoms with E-state index in [9.17, 15) is 14.4 Å². The average Bonchev–Trinajstić information content (AvgIpc) is 2.62. The minimum Gasteiger partial charge on any atom is -0.463 e. The zero-order valence-corrected chi connectivity index (χ0v) is 16.5. The van der Waals surface area contributed by atoms with Crippen LogP contribution >= 0.6 is 23.2 Å². The van der Waals surface area contributed by atoms with Gasteiger partial charge in [0.1, 0.15) is 18.5 Å². The van der Waals surface area contributed by atoms with Crippen LogP contribution in [0.25, 0.3) is 0 Å². The van der Waals surface area contributed by atoms with Gasteiger partial charge in [0, 0.05) is 19.9 Å². The highest BCUT2D eigenvalue weighted by Gasteiger charge is 2.49. The number of benzene rings is 1. The van der Waals surface area contributed by atoms with E-state index in [1.807, 2.05) is 0 Å². The Labute approximate surface area is 170 Å². The molecular formula is C17H19Cl2NO8. The van der Waals surface area contributed by atoms with Crippen molar-refractivity contribution in [1.29, 1.82) is 0 Å². The summed E-state index contributed by atoms with van der Waals surface area (Å²) in [6, 6.07) is 3.46. The smallest absolute Gasteiger partial charge is 0.303 e. The second-order valence-corrected chi connectivity index (χ2v) is 6.70. The molecule has 1 aliphatic heterocycles. The van der Waals surface area contributed by atoms with Gasteiger partial charge < -0.3 is 29.4 Å². The number of rotatable bonds is 7. The minimum absolute atomic E-state index is 0.177. The van der Waals surface area contributed by atoms with Crippen LogP contribution in [0.3, 0.4) is 0 Å². The average molecular weight is 436 g/mol. The number of carbonyl (C=O) groups excluding carboxylic acids is 3. The van der Waals surface area contributed by atoms with Gasteiger partial charge in [0.25, 0.3) is 6.47 Å². The summed E-state index contributed by atoms with van der Waals surface area (Å²) in [4.78, 5) is 33.5. The third-order valence-corrected chi connectivity index (χ3v) is 4.55. The number of hydrogen-bond donors (Lipinski definition) is 1. The molecule has 5 atom stereocenters. The summed E-state index contributed by atoms with van der Waals surface area (Å²) in [5.41, 5.74) is 6.14. The van der Waals surface area contributed by atoms with Gasteiger partial charge in [0.05, 0.1) is 16.1 Å². The molecule has 0 radical (unpaired) electrons. The fourth-order valence-corrected chi connectivity index (χ4v) is 2.91. The van der Waals surface area contributed by atoms with Gasteiger partial charge in [0.2, 0.25) is 6.29 Å². The largest absolute Gasteiger partial charge is 0.463 e. The molecule has 2 N–H and O–H groups in total. The standard InChI is InChI=1S/C17H19Cl2NO8/c1-8(22)24-6-13-15(26-9(2)23)14(20)16(25-7-21)17(28-13)27-10-3-4-11(18)12(19)5-10/h3-5,7,13-17H,6,20H2,1-2H3. The van der Waals surface area contributed by atoms with E-state index in [1.165, 1.54) is 32.0 Å². The van der Waals surface area contributed by atoms with Gasteiger partial charge in [0.15, 0.2) is 12.2 Å². The van der Waals surface area contributed by atoms with Crippen LogP contribution in [-0.2, 0) is 33.3 Å². The van der Waals surface area contributed by atoms with Crippen molar-refractivity contribution in [2.24, 2.45) is 5.73 Å². The number of ether oxygens (including phenoxy) is 5. The monoisotopic (exact) mass is 435 g/mol. The fraction of sp³-hybridized carbons (Fsp3) is 0.471. The van der Waals surface area contributed by atoms with Gasteiger partial charge >= 0.3 is 11.9 Å². The Balaban J connectivity index is 2.27. The molecule has 1 heterocycles. The fourth-order valence-electron chi connectivity index (χ4n) is 2.62. The lowest BCUT2D eigenvalue weighted by Gasteiger charge is -2.43. The van der Waals surface area contributed by atoms with Crippen LogP contribution in [0, 0.1) is 0 Å². The van der Waals surface area contributed by atoms with E-state index < -0.39 is 42.6 Å². The Hall–Kier alpha value is -2.07. The summed E-state index contributed by atoms with van der Waals surface area (Å²) in [5, 5.41) is 0.556. The molecule has 1 aliphatic rings. The SMILES string of the molecule is CC(=O)OCC1OC(Oc2ccc(Cl)c(Cl)c2)C(OC=O)C(N)C1OC(C)=O. The normalized spacial score (nSPS) is 26.8. The first kappa shape index (κ1) is 22.2. The first-order chi connectivity index (χ1) is 13.2. The van der Waals surface area contributed by atoms with Crippen molar-refractivity contribution in [3.8, 4) is 5.75 Å². The van der Waals surface area contributed by atoms with E-state index in [-0.39, 0.29) is 23.9 Å². The van der Waals surface area contributed by atoms with E-state index >= 15 is 0 Å². The van der Waals surface area contributed by atoms with E-state index in [2.05, 4.69) is 0 Å². The van der Waals surface area contributed by atoms with Gasteiger partial charge in [-0.15, -0.1) is 0 Å². The van der Waals surface area contributed by atoms with Crippen molar-refractivity contribution < 1.29 is 38.1 Å². The first-order valence-electron chi connectivity index (χ1n) is 8.15. The zero-order valence-electron chi connectivity index (χ0n) is 15.0. The third kappa shape index (κ3) is 5.71. The molecule has 9 nitrogen and oxygen atoms in total. The molecule has 11 heteroatoms. The van der Waals surface area contributed by atoms with Crippen LogP contribution in [0.2, 0.25) is 10.0 Å². The second-order valence-electron chi connectivity index (χ2n) is 5.89. The second kappa shape index (κ2) is 9.92. The van der Waals surface area contributed by atoms with Crippen molar-refractivity contribution in [3.05, 3.63) is 28.2 Å². The molecule has 0 aromatic heterocycles. The Kier molecular flexibility index (Phi) is 7.88. The van der Waals surface area contributed by atoms with Crippen molar-refractivity contribution in [2.75, 3.05) is 6.61 Å². The van der Waals surface area contributed by atoms with Gasteiger partial charge in [-0.25, -0.2) is 0 Å². The number of halogens is 2. The molecule has 1 aromatic carbocycles. The van der Waals surface area contributed by atoms with Gasteiger partial charge in [-0.2, -0.15) is 0 Å². The lowest BCUT2D eigenvalue weighted by atomic mass is 9.96. The molecule has 28 heavy (non-hydrogen) atoms. The molecule has 1 fully saturated rings. The van der Waals surface area contributed by atoms with Crippen molar-refractivity contribution in [1.82, 2.24) is 0 Å². The summed E-state index contributed by atoms with van der Waals surface area (Å²) >= 11 is 11.9. The summed E-state index contributed by atoms with van der Waals surface area (Å²) in [7, 11) is 0. The van der Waals surface area contributed by atoms with Crippen LogP contribution in [0.5, 0.6) is 5.75 Å². The van der Waals surface area contributed by atoms with Gasteiger partial charge in [-0.1, -0.05) is 23.2 Å². The highest BCUT2D eigenvalue weighted by Crippen LogP contribution is 2.30. The molecule has 0 spiro atoms. The van der Waals surface area contributed by atoms with E-state index in [0.717, 1.165) is 0 Å². The maximum Gasteiger partial charge on any atom is 0.303 e. The third-order valence-electron chi connectivity index (χ3n) is 3.81. The number of carbonyl (C=O) groups is 3. The quantitative estimate of drug-likeness (QED) is 0.384. The molecule has 0 amide bonds. The van der Waals surface area contributed by atoms with E-state index in [0.29, 0.717) is 5.02 Å². The van der Waals surface area contributed by atoms with Crippen LogP contribution in [0.4, 0.5) is 0 Å². The summed E-state index contributed by atoms with van der Waals surface area (Å²) in [6.07, 6.45) is -4.31. The van der Waals surface area contributed by atoms with Crippen molar-refractivity contribution >= 4 is 41.6 Å². The lowest BCUT2D eigenvalue weighted by molar-refractivity contribution is -0.256. The summed E-state index contributed by atoms with van der Waals surface area (Å²) in [5.74, 6) is -0.930. The Morgan fingerprint density at radius 3 is 2.46 bits per heavy atom. The number of hydrogen-bond acceptors (Lipinski definition) is 9. The molecule has 0 bridgehead atoms. The molecule has 1 aromatic rings.